The van der Waals surface area contributed by atoms with Gasteiger partial charge in [0.2, 0.25) is 0 Å². The highest BCUT2D eigenvalue weighted by atomic mass is 16.5. The molecule has 0 amide bonds. The van der Waals surface area contributed by atoms with Gasteiger partial charge in [0.05, 0.1) is 6.61 Å². The van der Waals surface area contributed by atoms with Crippen LogP contribution in [0.5, 0.6) is 0 Å². The summed E-state index contributed by atoms with van der Waals surface area (Å²) in [6, 6.07) is 9.93. The summed E-state index contributed by atoms with van der Waals surface area (Å²) in [4.78, 5) is 2.57. The average molecular weight is 290 g/mol. The standard InChI is InChI=1S/C18H30N2O/c1-4-21-14-17-8-6-5-7-16(17)13-19-18-9-11-20(12-10-18)15(2)3/h5-8,15,18-19H,4,9-14H2,1-3H3. The fraction of sp³-hybridized carbons (Fsp3) is 0.667. The molecule has 1 aliphatic heterocycles. The third-order valence-corrected chi connectivity index (χ3v) is 4.42. The zero-order valence-electron chi connectivity index (χ0n) is 13.8. The number of nitrogens with one attached hydrogen (secondary N) is 1. The Morgan fingerprint density at radius 2 is 1.86 bits per heavy atom. The second-order valence-corrected chi connectivity index (χ2v) is 6.19. The summed E-state index contributed by atoms with van der Waals surface area (Å²) in [7, 11) is 0. The first-order valence-corrected chi connectivity index (χ1v) is 8.32. The quantitative estimate of drug-likeness (QED) is 0.834. The number of piperidine rings is 1. The second kappa shape index (κ2) is 8.52. The number of rotatable bonds is 7. The minimum Gasteiger partial charge on any atom is -0.377 e. The monoisotopic (exact) mass is 290 g/mol. The molecule has 1 saturated heterocycles. The lowest BCUT2D eigenvalue weighted by Crippen LogP contribution is -2.44. The Balaban J connectivity index is 1.81. The molecule has 1 aromatic carbocycles. The first-order chi connectivity index (χ1) is 10.2. The van der Waals surface area contributed by atoms with Gasteiger partial charge in [0, 0.05) is 25.2 Å². The van der Waals surface area contributed by atoms with E-state index in [0.29, 0.717) is 12.1 Å². The molecule has 0 radical (unpaired) electrons. The number of benzene rings is 1. The molecule has 21 heavy (non-hydrogen) atoms. The highest BCUT2D eigenvalue weighted by molar-refractivity contribution is 5.26. The fourth-order valence-electron chi connectivity index (χ4n) is 2.96. The van der Waals surface area contributed by atoms with E-state index in [4.69, 9.17) is 4.74 Å². The van der Waals surface area contributed by atoms with E-state index < -0.39 is 0 Å². The van der Waals surface area contributed by atoms with Crippen molar-refractivity contribution < 1.29 is 4.74 Å². The minimum atomic E-state index is 0.653. The molecule has 0 aliphatic carbocycles. The molecule has 0 unspecified atom stereocenters. The Bertz CT molecular complexity index is 411. The Hall–Kier alpha value is -0.900. The van der Waals surface area contributed by atoms with Crippen molar-refractivity contribution in [1.82, 2.24) is 10.2 Å². The maximum atomic E-state index is 5.56. The maximum Gasteiger partial charge on any atom is 0.0719 e. The smallest absolute Gasteiger partial charge is 0.0719 e. The summed E-state index contributed by atoms with van der Waals surface area (Å²) in [6.07, 6.45) is 2.51. The normalized spacial score (nSPS) is 17.5. The van der Waals surface area contributed by atoms with Crippen LogP contribution in [-0.2, 0) is 17.9 Å². The molecule has 0 bridgehead atoms. The molecular formula is C18H30N2O. The number of hydrogen-bond donors (Lipinski definition) is 1. The van der Waals surface area contributed by atoms with E-state index in [9.17, 15) is 0 Å². The van der Waals surface area contributed by atoms with E-state index in [1.165, 1.54) is 37.1 Å². The van der Waals surface area contributed by atoms with Gasteiger partial charge in [-0.15, -0.1) is 0 Å². The summed E-state index contributed by atoms with van der Waals surface area (Å²) >= 11 is 0. The zero-order valence-corrected chi connectivity index (χ0v) is 13.8. The van der Waals surface area contributed by atoms with Gasteiger partial charge < -0.3 is 15.0 Å². The number of ether oxygens (including phenoxy) is 1. The number of likely N-dealkylation sites (tertiary alicyclic amines) is 1. The summed E-state index contributed by atoms with van der Waals surface area (Å²) in [5.74, 6) is 0. The fourth-order valence-corrected chi connectivity index (χ4v) is 2.96. The lowest BCUT2D eigenvalue weighted by Gasteiger charge is -2.35. The molecule has 0 atom stereocenters. The van der Waals surface area contributed by atoms with Crippen molar-refractivity contribution in [1.29, 1.82) is 0 Å². The van der Waals surface area contributed by atoms with Crippen molar-refractivity contribution in [3.8, 4) is 0 Å². The van der Waals surface area contributed by atoms with Crippen LogP contribution in [0.1, 0.15) is 44.7 Å². The predicted molar refractivity (Wildman–Crippen MR) is 88.3 cm³/mol. The largest absolute Gasteiger partial charge is 0.377 e. The van der Waals surface area contributed by atoms with Crippen molar-refractivity contribution in [2.75, 3.05) is 19.7 Å². The average Bonchev–Trinajstić information content (AvgIpc) is 2.52. The molecule has 1 heterocycles. The van der Waals surface area contributed by atoms with Crippen LogP contribution in [0, 0.1) is 0 Å². The van der Waals surface area contributed by atoms with Gasteiger partial charge in [-0.05, 0) is 57.8 Å². The second-order valence-electron chi connectivity index (χ2n) is 6.19. The van der Waals surface area contributed by atoms with E-state index in [0.717, 1.165) is 19.8 Å². The summed E-state index contributed by atoms with van der Waals surface area (Å²) < 4.78 is 5.56. The third kappa shape index (κ3) is 5.10. The van der Waals surface area contributed by atoms with Crippen LogP contribution in [-0.4, -0.2) is 36.7 Å². The SMILES string of the molecule is CCOCc1ccccc1CNC1CCN(C(C)C)CC1. The summed E-state index contributed by atoms with van der Waals surface area (Å²) in [5.41, 5.74) is 2.68. The van der Waals surface area contributed by atoms with E-state index in [1.807, 2.05) is 6.92 Å². The van der Waals surface area contributed by atoms with Gasteiger partial charge in [0.1, 0.15) is 0 Å². The van der Waals surface area contributed by atoms with Gasteiger partial charge in [-0.3, -0.25) is 0 Å². The molecule has 1 N–H and O–H groups in total. The Morgan fingerprint density at radius 1 is 1.19 bits per heavy atom. The summed E-state index contributed by atoms with van der Waals surface area (Å²) in [6.45, 7) is 11.5. The van der Waals surface area contributed by atoms with Gasteiger partial charge in [-0.25, -0.2) is 0 Å². The molecule has 118 valence electrons. The molecule has 0 aromatic heterocycles. The van der Waals surface area contributed by atoms with Crippen molar-refractivity contribution in [3.63, 3.8) is 0 Å². The maximum absolute atomic E-state index is 5.56. The Kier molecular flexibility index (Phi) is 6.68. The Morgan fingerprint density at radius 3 is 2.48 bits per heavy atom. The van der Waals surface area contributed by atoms with Gasteiger partial charge >= 0.3 is 0 Å². The van der Waals surface area contributed by atoms with Gasteiger partial charge in [0.25, 0.3) is 0 Å². The molecular weight excluding hydrogens is 260 g/mol. The van der Waals surface area contributed by atoms with E-state index in [-0.39, 0.29) is 0 Å². The molecule has 1 fully saturated rings. The molecule has 3 heteroatoms. The molecule has 0 saturated carbocycles. The first kappa shape index (κ1) is 16.5. The Labute approximate surface area is 129 Å². The molecule has 2 rings (SSSR count). The minimum absolute atomic E-state index is 0.653. The predicted octanol–water partition coefficient (Wildman–Crippen LogP) is 3.19. The summed E-state index contributed by atoms with van der Waals surface area (Å²) in [5, 5.41) is 3.73. The van der Waals surface area contributed by atoms with Crippen molar-refractivity contribution in [2.45, 2.75) is 58.8 Å². The van der Waals surface area contributed by atoms with Crippen LogP contribution >= 0.6 is 0 Å². The van der Waals surface area contributed by atoms with E-state index in [2.05, 4.69) is 48.3 Å². The van der Waals surface area contributed by atoms with Gasteiger partial charge in [-0.2, -0.15) is 0 Å². The number of hydrogen-bond acceptors (Lipinski definition) is 3. The first-order valence-electron chi connectivity index (χ1n) is 8.32. The third-order valence-electron chi connectivity index (χ3n) is 4.42. The van der Waals surface area contributed by atoms with Crippen molar-refractivity contribution >= 4 is 0 Å². The topological polar surface area (TPSA) is 24.5 Å². The van der Waals surface area contributed by atoms with Crippen molar-refractivity contribution in [2.24, 2.45) is 0 Å². The van der Waals surface area contributed by atoms with Crippen LogP contribution in [0.25, 0.3) is 0 Å². The molecule has 1 aliphatic rings. The van der Waals surface area contributed by atoms with E-state index in [1.54, 1.807) is 0 Å². The van der Waals surface area contributed by atoms with Crippen LogP contribution in [0.4, 0.5) is 0 Å². The number of nitrogens with zero attached hydrogens (tertiary/aromatic N) is 1. The van der Waals surface area contributed by atoms with Crippen LogP contribution < -0.4 is 5.32 Å². The van der Waals surface area contributed by atoms with Crippen LogP contribution in [0.2, 0.25) is 0 Å². The highest BCUT2D eigenvalue weighted by Crippen LogP contribution is 2.15. The lowest BCUT2D eigenvalue weighted by molar-refractivity contribution is 0.133. The molecule has 3 nitrogen and oxygen atoms in total. The van der Waals surface area contributed by atoms with Crippen LogP contribution in [0.15, 0.2) is 24.3 Å². The molecule has 0 spiro atoms. The molecule has 1 aromatic rings. The van der Waals surface area contributed by atoms with E-state index >= 15 is 0 Å². The lowest BCUT2D eigenvalue weighted by atomic mass is 10.0. The zero-order chi connectivity index (χ0) is 15.1. The van der Waals surface area contributed by atoms with Crippen molar-refractivity contribution in [3.05, 3.63) is 35.4 Å². The van der Waals surface area contributed by atoms with Gasteiger partial charge in [0.15, 0.2) is 0 Å². The van der Waals surface area contributed by atoms with Gasteiger partial charge in [-0.1, -0.05) is 24.3 Å². The highest BCUT2D eigenvalue weighted by Gasteiger charge is 2.20. The van der Waals surface area contributed by atoms with Crippen LogP contribution in [0.3, 0.4) is 0 Å².